The average molecular weight is 645 g/mol. The van der Waals surface area contributed by atoms with E-state index < -0.39 is 17.9 Å². The maximum Gasteiger partial charge on any atom is 0.328 e. The first-order valence-electron chi connectivity index (χ1n) is 16.3. The normalized spacial score (nSPS) is 14.4. The van der Waals surface area contributed by atoms with Crippen LogP contribution in [0.2, 0.25) is 0 Å². The zero-order valence-corrected chi connectivity index (χ0v) is 27.0. The molecule has 2 heterocycles. The Morgan fingerprint density at radius 3 is 2.42 bits per heavy atom. The van der Waals surface area contributed by atoms with Crippen LogP contribution in [0, 0.1) is 0 Å². The Bertz CT molecular complexity index is 1820. The number of aromatic nitrogens is 2. The number of amides is 1. The fourth-order valence-corrected chi connectivity index (χ4v) is 6.00. The number of carbonyl (C=O) groups excluding carboxylic acids is 2. The van der Waals surface area contributed by atoms with E-state index in [1.54, 1.807) is 25.1 Å². The molecule has 246 valence electrons. The van der Waals surface area contributed by atoms with Crippen LogP contribution in [0.5, 0.6) is 5.75 Å². The lowest BCUT2D eigenvalue weighted by Gasteiger charge is -2.28. The van der Waals surface area contributed by atoms with Crippen molar-refractivity contribution in [1.82, 2.24) is 20.2 Å². The van der Waals surface area contributed by atoms with Crippen molar-refractivity contribution in [3.8, 4) is 16.9 Å². The van der Waals surface area contributed by atoms with E-state index in [1.165, 1.54) is 16.7 Å². The van der Waals surface area contributed by atoms with E-state index in [2.05, 4.69) is 56.6 Å². The summed E-state index contributed by atoms with van der Waals surface area (Å²) in [6, 6.07) is 30.8. The third kappa shape index (κ3) is 7.82. The fraction of sp³-hybridized carbons (Fsp3) is 0.256. The Hall–Kier alpha value is -5.25. The number of hydrogen-bond acceptors (Lipinski definition) is 7. The van der Waals surface area contributed by atoms with Crippen LogP contribution < -0.4 is 15.4 Å². The molecular weight excluding hydrogens is 604 g/mol. The molecule has 5 aromatic rings. The van der Waals surface area contributed by atoms with Crippen molar-refractivity contribution >= 4 is 11.9 Å². The monoisotopic (exact) mass is 644 g/mol. The molecule has 1 aromatic heterocycles. The highest BCUT2D eigenvalue weighted by Crippen LogP contribution is 2.35. The number of rotatable bonds is 13. The van der Waals surface area contributed by atoms with Crippen molar-refractivity contribution in [2.75, 3.05) is 13.2 Å². The molecule has 6 rings (SSSR count). The summed E-state index contributed by atoms with van der Waals surface area (Å²) in [5, 5.41) is 15.9. The van der Waals surface area contributed by atoms with Gasteiger partial charge in [-0.15, -0.1) is 0 Å². The minimum absolute atomic E-state index is 0.0408. The number of nitrogens with one attached hydrogen (secondary N) is 2. The summed E-state index contributed by atoms with van der Waals surface area (Å²) in [6.45, 7) is 3.60. The maximum absolute atomic E-state index is 13.6. The van der Waals surface area contributed by atoms with Gasteiger partial charge in [0, 0.05) is 43.7 Å². The highest BCUT2D eigenvalue weighted by atomic mass is 16.5. The van der Waals surface area contributed by atoms with Crippen LogP contribution in [0.4, 0.5) is 0 Å². The van der Waals surface area contributed by atoms with E-state index in [0.29, 0.717) is 31.0 Å². The third-order valence-corrected chi connectivity index (χ3v) is 8.58. The molecular formula is C39H40N4O5. The maximum atomic E-state index is 13.6. The molecule has 1 aliphatic heterocycles. The predicted octanol–water partition coefficient (Wildman–Crippen LogP) is 5.61. The lowest BCUT2D eigenvalue weighted by Crippen LogP contribution is -2.43. The Morgan fingerprint density at radius 2 is 1.67 bits per heavy atom. The molecule has 0 bridgehead atoms. The zero-order valence-electron chi connectivity index (χ0n) is 27.0. The summed E-state index contributed by atoms with van der Waals surface area (Å²) in [4.78, 5) is 30.9. The molecule has 0 aliphatic carbocycles. The number of nitrogens with zero attached hydrogens (tertiary/aromatic N) is 2. The number of hydrogen-bond donors (Lipinski definition) is 3. The van der Waals surface area contributed by atoms with Crippen molar-refractivity contribution in [2.45, 2.75) is 51.5 Å². The number of ether oxygens (including phenoxy) is 2. The van der Waals surface area contributed by atoms with Gasteiger partial charge in [0.2, 0.25) is 0 Å². The Labute approximate surface area is 280 Å². The van der Waals surface area contributed by atoms with Crippen molar-refractivity contribution in [3.63, 3.8) is 0 Å². The van der Waals surface area contributed by atoms with Gasteiger partial charge in [-0.2, -0.15) is 0 Å². The van der Waals surface area contributed by atoms with Gasteiger partial charge in [-0.05, 0) is 40.8 Å². The summed E-state index contributed by atoms with van der Waals surface area (Å²) in [6.07, 6.45) is 4.72. The van der Waals surface area contributed by atoms with Gasteiger partial charge < -0.3 is 29.8 Å². The van der Waals surface area contributed by atoms with Crippen molar-refractivity contribution < 1.29 is 24.2 Å². The van der Waals surface area contributed by atoms with Gasteiger partial charge in [0.05, 0.1) is 37.4 Å². The first-order chi connectivity index (χ1) is 23.5. The Balaban J connectivity index is 1.12. The summed E-state index contributed by atoms with van der Waals surface area (Å²) in [5.74, 6) is -0.402. The van der Waals surface area contributed by atoms with Gasteiger partial charge in [0.1, 0.15) is 11.8 Å². The van der Waals surface area contributed by atoms with Gasteiger partial charge in [0.25, 0.3) is 5.91 Å². The molecule has 0 saturated carbocycles. The van der Waals surface area contributed by atoms with Gasteiger partial charge in [0.15, 0.2) is 0 Å². The standard InChI is InChI=1S/C39H40N4O5/c1-2-47-39(46)36(21-27-11-13-29(25-44)14-12-27)42-38(45)34-10-6-9-33-35(19-20-48-37(33)34)41-23-32-22-40-26-43(32)24-28-15-17-31(18-16-28)30-7-4-3-5-8-30/h3-18,22,26,35-36,41,44H,2,19-21,23-25H2,1H3,(H,42,45). The van der Waals surface area contributed by atoms with Gasteiger partial charge in [-0.25, -0.2) is 9.78 Å². The molecule has 9 nitrogen and oxygen atoms in total. The highest BCUT2D eigenvalue weighted by Gasteiger charge is 2.29. The summed E-state index contributed by atoms with van der Waals surface area (Å²) < 4.78 is 13.5. The number of fused-ring (bicyclic) bond motifs is 1. The number of carbonyl (C=O) groups is 2. The van der Waals surface area contributed by atoms with Crippen molar-refractivity contribution in [2.24, 2.45) is 0 Å². The number of esters is 1. The number of imidazole rings is 1. The van der Waals surface area contributed by atoms with E-state index in [0.717, 1.165) is 28.8 Å². The lowest BCUT2D eigenvalue weighted by molar-refractivity contribution is -0.145. The predicted molar refractivity (Wildman–Crippen MR) is 183 cm³/mol. The average Bonchev–Trinajstić information content (AvgIpc) is 3.57. The zero-order chi connectivity index (χ0) is 33.3. The number of benzene rings is 4. The topological polar surface area (TPSA) is 115 Å². The quantitative estimate of drug-likeness (QED) is 0.143. The lowest BCUT2D eigenvalue weighted by atomic mass is 9.96. The molecule has 0 spiro atoms. The third-order valence-electron chi connectivity index (χ3n) is 8.58. The molecule has 3 N–H and O–H groups in total. The fourth-order valence-electron chi connectivity index (χ4n) is 6.00. The second-order valence-electron chi connectivity index (χ2n) is 11.8. The second-order valence-corrected chi connectivity index (χ2v) is 11.8. The number of aliphatic hydroxyl groups is 1. The van der Waals surface area contributed by atoms with Crippen LogP contribution in [0.3, 0.4) is 0 Å². The Kier molecular flexibility index (Phi) is 10.6. The minimum atomic E-state index is -0.888. The SMILES string of the molecule is CCOC(=O)C(Cc1ccc(CO)cc1)NC(=O)c1cccc2c1OCCC2NCc1cncn1Cc1ccc(-c2ccccc2)cc1. The second kappa shape index (κ2) is 15.6. The van der Waals surface area contributed by atoms with E-state index >= 15 is 0 Å². The van der Waals surface area contributed by atoms with E-state index in [4.69, 9.17) is 9.47 Å². The summed E-state index contributed by atoms with van der Waals surface area (Å²) >= 11 is 0. The first kappa shape index (κ1) is 32.7. The molecule has 1 aliphatic rings. The van der Waals surface area contributed by atoms with Crippen molar-refractivity contribution in [3.05, 3.63) is 143 Å². The molecule has 48 heavy (non-hydrogen) atoms. The van der Waals surface area contributed by atoms with Crippen LogP contribution >= 0.6 is 0 Å². The Morgan fingerprint density at radius 1 is 0.938 bits per heavy atom. The van der Waals surface area contributed by atoms with Gasteiger partial charge >= 0.3 is 5.97 Å². The minimum Gasteiger partial charge on any atom is -0.492 e. The van der Waals surface area contributed by atoms with Crippen molar-refractivity contribution in [1.29, 1.82) is 0 Å². The highest BCUT2D eigenvalue weighted by molar-refractivity contribution is 5.99. The molecule has 0 fully saturated rings. The van der Waals surface area contributed by atoms with Crippen LogP contribution in [0.1, 0.15) is 57.7 Å². The van der Waals surface area contributed by atoms with E-state index in [9.17, 15) is 14.7 Å². The van der Waals surface area contributed by atoms with Crippen LogP contribution in [-0.4, -0.2) is 45.8 Å². The smallest absolute Gasteiger partial charge is 0.328 e. The van der Waals surface area contributed by atoms with E-state index in [1.807, 2.05) is 55.0 Å². The molecule has 0 radical (unpaired) electrons. The first-order valence-corrected chi connectivity index (χ1v) is 16.3. The van der Waals surface area contributed by atoms with Crippen LogP contribution in [0.25, 0.3) is 11.1 Å². The molecule has 4 aromatic carbocycles. The van der Waals surface area contributed by atoms with Gasteiger partial charge in [-0.3, -0.25) is 4.79 Å². The largest absolute Gasteiger partial charge is 0.492 e. The van der Waals surface area contributed by atoms with Gasteiger partial charge in [-0.1, -0.05) is 91.0 Å². The molecule has 1 amide bonds. The molecule has 2 unspecified atom stereocenters. The van der Waals surface area contributed by atoms with Crippen LogP contribution in [-0.2, 0) is 35.6 Å². The van der Waals surface area contributed by atoms with E-state index in [-0.39, 0.29) is 25.7 Å². The number of aliphatic hydroxyl groups excluding tert-OH is 1. The van der Waals surface area contributed by atoms with Crippen LogP contribution in [0.15, 0.2) is 110 Å². The molecule has 0 saturated heterocycles. The molecule has 2 atom stereocenters. The summed E-state index contributed by atoms with van der Waals surface area (Å²) in [5.41, 5.74) is 7.48. The number of para-hydroxylation sites is 1. The summed E-state index contributed by atoms with van der Waals surface area (Å²) in [7, 11) is 0. The molecule has 9 heteroatoms.